The number of nitrogens with one attached hydrogen (secondary N) is 1. The van der Waals surface area contributed by atoms with E-state index in [1.54, 1.807) is 18.2 Å². The lowest BCUT2D eigenvalue weighted by molar-refractivity contribution is 0.194. The van der Waals surface area contributed by atoms with Crippen LogP contribution in [-0.4, -0.2) is 11.2 Å². The second-order valence-electron chi connectivity index (χ2n) is 2.50. The van der Waals surface area contributed by atoms with E-state index in [4.69, 9.17) is 4.74 Å². The van der Waals surface area contributed by atoms with Crippen LogP contribution in [0.25, 0.3) is 0 Å². The summed E-state index contributed by atoms with van der Waals surface area (Å²) in [4.78, 5) is 10.7. The number of amides is 1. The number of ether oxygens (including phenoxy) is 1. The van der Waals surface area contributed by atoms with Crippen molar-refractivity contribution >= 4 is 6.09 Å². The van der Waals surface area contributed by atoms with E-state index in [-0.39, 0.29) is 5.75 Å². The summed E-state index contributed by atoms with van der Waals surface area (Å²) in [5.41, 5.74) is 0.622. The molecule has 0 spiro atoms. The SMILES string of the molecule is O=C1NCc2c(O)cccc2O1. The number of phenolic OH excluding ortho intramolecular Hbond substituents is 1. The molecule has 1 aromatic carbocycles. The van der Waals surface area contributed by atoms with Gasteiger partial charge in [-0.25, -0.2) is 4.79 Å². The number of carbonyl (C=O) groups is 1. The molecule has 1 aromatic rings. The van der Waals surface area contributed by atoms with E-state index < -0.39 is 6.09 Å². The van der Waals surface area contributed by atoms with Crippen molar-refractivity contribution in [3.05, 3.63) is 23.8 Å². The molecule has 0 aromatic heterocycles. The average molecular weight is 165 g/mol. The highest BCUT2D eigenvalue weighted by atomic mass is 16.6. The first-order valence-electron chi connectivity index (χ1n) is 3.54. The summed E-state index contributed by atoms with van der Waals surface area (Å²) in [6.07, 6.45) is -0.479. The summed E-state index contributed by atoms with van der Waals surface area (Å²) >= 11 is 0. The van der Waals surface area contributed by atoms with E-state index in [2.05, 4.69) is 5.32 Å². The topological polar surface area (TPSA) is 58.6 Å². The minimum Gasteiger partial charge on any atom is -0.507 e. The Bertz CT molecular complexity index is 335. The van der Waals surface area contributed by atoms with Gasteiger partial charge >= 0.3 is 6.09 Å². The summed E-state index contributed by atoms with van der Waals surface area (Å²) in [6, 6.07) is 4.83. The maximum absolute atomic E-state index is 10.7. The van der Waals surface area contributed by atoms with Crippen LogP contribution in [0.1, 0.15) is 5.56 Å². The Balaban J connectivity index is 2.48. The molecule has 2 N–H and O–H groups in total. The third kappa shape index (κ3) is 0.972. The lowest BCUT2D eigenvalue weighted by Gasteiger charge is -2.17. The molecule has 4 nitrogen and oxygen atoms in total. The summed E-state index contributed by atoms with van der Waals surface area (Å²) < 4.78 is 4.80. The lowest BCUT2D eigenvalue weighted by atomic mass is 10.1. The van der Waals surface area contributed by atoms with E-state index in [1.807, 2.05) is 0 Å². The fourth-order valence-electron chi connectivity index (χ4n) is 1.12. The molecule has 0 radical (unpaired) electrons. The number of aromatic hydroxyl groups is 1. The van der Waals surface area contributed by atoms with Gasteiger partial charge in [-0.2, -0.15) is 0 Å². The molecule has 0 atom stereocenters. The minimum absolute atomic E-state index is 0.146. The molecule has 1 aliphatic heterocycles. The first-order chi connectivity index (χ1) is 5.77. The van der Waals surface area contributed by atoms with Crippen LogP contribution < -0.4 is 10.1 Å². The van der Waals surface area contributed by atoms with Crippen LogP contribution in [0, 0.1) is 0 Å². The molecule has 12 heavy (non-hydrogen) atoms. The summed E-state index contributed by atoms with van der Waals surface area (Å²) in [7, 11) is 0. The molecule has 0 unspecified atom stereocenters. The second kappa shape index (κ2) is 2.41. The Morgan fingerprint density at radius 3 is 3.17 bits per heavy atom. The van der Waals surface area contributed by atoms with Crippen molar-refractivity contribution in [3.63, 3.8) is 0 Å². The Labute approximate surface area is 68.8 Å². The molecule has 4 heteroatoms. The lowest BCUT2D eigenvalue weighted by Crippen LogP contribution is -2.31. The monoisotopic (exact) mass is 165 g/mol. The van der Waals surface area contributed by atoms with Crippen molar-refractivity contribution < 1.29 is 14.6 Å². The molecule has 2 rings (SSSR count). The second-order valence-corrected chi connectivity index (χ2v) is 2.50. The molecule has 0 fully saturated rings. The first kappa shape index (κ1) is 6.97. The standard InChI is InChI=1S/C8H7NO3/c10-6-2-1-3-7-5(6)4-9-8(11)12-7/h1-3,10H,4H2,(H,9,11). The van der Waals surface area contributed by atoms with Crippen molar-refractivity contribution in [2.45, 2.75) is 6.54 Å². The van der Waals surface area contributed by atoms with Gasteiger partial charge in [0.1, 0.15) is 11.5 Å². The molecular weight excluding hydrogens is 158 g/mol. The highest BCUT2D eigenvalue weighted by molar-refractivity contribution is 5.73. The highest BCUT2D eigenvalue weighted by Crippen LogP contribution is 2.29. The van der Waals surface area contributed by atoms with Crippen LogP contribution >= 0.6 is 0 Å². The number of benzene rings is 1. The van der Waals surface area contributed by atoms with Crippen LogP contribution in [0.2, 0.25) is 0 Å². The van der Waals surface area contributed by atoms with E-state index >= 15 is 0 Å². The number of hydrogen-bond acceptors (Lipinski definition) is 3. The predicted molar refractivity (Wildman–Crippen MR) is 41.0 cm³/mol. The van der Waals surface area contributed by atoms with Gasteiger partial charge in [0.25, 0.3) is 0 Å². The van der Waals surface area contributed by atoms with Gasteiger partial charge in [0.05, 0.1) is 12.1 Å². The number of carbonyl (C=O) groups excluding carboxylic acids is 1. The van der Waals surface area contributed by atoms with Gasteiger partial charge in [-0.15, -0.1) is 0 Å². The number of phenols is 1. The van der Waals surface area contributed by atoms with Crippen LogP contribution in [0.4, 0.5) is 4.79 Å². The third-order valence-electron chi connectivity index (χ3n) is 1.72. The number of fused-ring (bicyclic) bond motifs is 1. The highest BCUT2D eigenvalue weighted by Gasteiger charge is 2.18. The fourth-order valence-corrected chi connectivity index (χ4v) is 1.12. The van der Waals surface area contributed by atoms with Gasteiger partial charge in [0.15, 0.2) is 0 Å². The molecule has 0 aliphatic carbocycles. The van der Waals surface area contributed by atoms with Gasteiger partial charge in [-0.3, -0.25) is 0 Å². The van der Waals surface area contributed by atoms with E-state index in [0.29, 0.717) is 17.9 Å². The molecular formula is C8H7NO3. The van der Waals surface area contributed by atoms with Crippen molar-refractivity contribution in [1.29, 1.82) is 0 Å². The average Bonchev–Trinajstić information content (AvgIpc) is 2.04. The Morgan fingerprint density at radius 1 is 1.50 bits per heavy atom. The largest absolute Gasteiger partial charge is 0.507 e. The molecule has 1 amide bonds. The molecule has 62 valence electrons. The zero-order chi connectivity index (χ0) is 8.55. The molecule has 1 aliphatic rings. The molecule has 0 saturated heterocycles. The summed E-state index contributed by atoms with van der Waals surface area (Å²) in [6.45, 7) is 0.320. The van der Waals surface area contributed by atoms with Crippen LogP contribution in [0.15, 0.2) is 18.2 Å². The third-order valence-corrected chi connectivity index (χ3v) is 1.72. The summed E-state index contributed by atoms with van der Waals surface area (Å²) in [5, 5.41) is 11.8. The quantitative estimate of drug-likeness (QED) is 0.602. The van der Waals surface area contributed by atoms with Gasteiger partial charge in [-0.1, -0.05) is 6.07 Å². The Morgan fingerprint density at radius 2 is 2.33 bits per heavy atom. The van der Waals surface area contributed by atoms with Crippen LogP contribution in [0.5, 0.6) is 11.5 Å². The normalized spacial score (nSPS) is 14.5. The van der Waals surface area contributed by atoms with Crippen molar-refractivity contribution in [2.24, 2.45) is 0 Å². The number of hydrogen-bond donors (Lipinski definition) is 2. The minimum atomic E-state index is -0.479. The van der Waals surface area contributed by atoms with Gasteiger partial charge in [-0.05, 0) is 12.1 Å². The Hall–Kier alpha value is -1.71. The van der Waals surface area contributed by atoms with Gasteiger partial charge in [0, 0.05) is 0 Å². The number of rotatable bonds is 0. The van der Waals surface area contributed by atoms with E-state index in [0.717, 1.165) is 0 Å². The molecule has 0 bridgehead atoms. The maximum atomic E-state index is 10.7. The zero-order valence-electron chi connectivity index (χ0n) is 6.20. The van der Waals surface area contributed by atoms with Gasteiger partial charge in [0.2, 0.25) is 0 Å². The summed E-state index contributed by atoms with van der Waals surface area (Å²) in [5.74, 6) is 0.575. The van der Waals surface area contributed by atoms with E-state index in [9.17, 15) is 9.90 Å². The smallest absolute Gasteiger partial charge is 0.412 e. The van der Waals surface area contributed by atoms with Crippen molar-refractivity contribution in [1.82, 2.24) is 5.32 Å². The molecule has 0 saturated carbocycles. The van der Waals surface area contributed by atoms with E-state index in [1.165, 1.54) is 0 Å². The fraction of sp³-hybridized carbons (Fsp3) is 0.125. The maximum Gasteiger partial charge on any atom is 0.412 e. The Kier molecular flexibility index (Phi) is 1.40. The van der Waals surface area contributed by atoms with Crippen LogP contribution in [0.3, 0.4) is 0 Å². The van der Waals surface area contributed by atoms with Gasteiger partial charge < -0.3 is 15.2 Å². The predicted octanol–water partition coefficient (Wildman–Crippen LogP) is 0.994. The van der Waals surface area contributed by atoms with Crippen molar-refractivity contribution in [2.75, 3.05) is 0 Å². The first-order valence-corrected chi connectivity index (χ1v) is 3.54. The van der Waals surface area contributed by atoms with Crippen molar-refractivity contribution in [3.8, 4) is 11.5 Å². The molecule has 1 heterocycles. The zero-order valence-corrected chi connectivity index (χ0v) is 6.20. The van der Waals surface area contributed by atoms with Crippen LogP contribution in [-0.2, 0) is 6.54 Å².